The van der Waals surface area contributed by atoms with E-state index in [-0.39, 0.29) is 6.10 Å². The van der Waals surface area contributed by atoms with Crippen molar-refractivity contribution >= 4 is 11.3 Å². The lowest BCUT2D eigenvalue weighted by atomic mass is 10.1. The van der Waals surface area contributed by atoms with Gasteiger partial charge in [-0.15, -0.1) is 11.3 Å². The van der Waals surface area contributed by atoms with E-state index >= 15 is 0 Å². The Morgan fingerprint density at radius 2 is 2.38 bits per heavy atom. The van der Waals surface area contributed by atoms with Crippen LogP contribution in [-0.4, -0.2) is 11.2 Å². The van der Waals surface area contributed by atoms with Crippen molar-refractivity contribution in [3.8, 4) is 0 Å². The fraction of sp³-hybridized carbons (Fsp3) is 0.636. The van der Waals surface area contributed by atoms with Crippen LogP contribution in [0.1, 0.15) is 30.6 Å². The highest BCUT2D eigenvalue weighted by Gasteiger charge is 2.28. The van der Waals surface area contributed by atoms with Crippen LogP contribution in [0.25, 0.3) is 0 Å². The predicted molar refractivity (Wildman–Crippen MR) is 56.0 cm³/mol. The minimum Gasteiger partial charge on any atom is -0.393 e. The molecule has 1 saturated carbocycles. The van der Waals surface area contributed by atoms with Crippen molar-refractivity contribution in [1.82, 2.24) is 0 Å². The summed E-state index contributed by atoms with van der Waals surface area (Å²) in [5, 5.41) is 11.7. The number of rotatable bonds is 5. The SMILES string of the molecule is OC(CCCc1cccs1)C1CC1. The Labute approximate surface area is 83.4 Å². The second kappa shape index (κ2) is 4.25. The highest BCUT2D eigenvalue weighted by atomic mass is 32.1. The van der Waals surface area contributed by atoms with Crippen LogP contribution in [0.4, 0.5) is 0 Å². The number of hydrogen-bond donors (Lipinski definition) is 1. The molecule has 1 heterocycles. The van der Waals surface area contributed by atoms with Gasteiger partial charge in [-0.25, -0.2) is 0 Å². The van der Waals surface area contributed by atoms with Gasteiger partial charge in [-0.05, 0) is 49.5 Å². The zero-order chi connectivity index (χ0) is 9.10. The number of hydrogen-bond acceptors (Lipinski definition) is 2. The van der Waals surface area contributed by atoms with Crippen molar-refractivity contribution in [2.24, 2.45) is 5.92 Å². The van der Waals surface area contributed by atoms with Gasteiger partial charge < -0.3 is 5.11 Å². The first-order chi connectivity index (χ1) is 6.36. The molecule has 13 heavy (non-hydrogen) atoms. The van der Waals surface area contributed by atoms with Gasteiger partial charge >= 0.3 is 0 Å². The van der Waals surface area contributed by atoms with Gasteiger partial charge in [-0.2, -0.15) is 0 Å². The molecule has 1 unspecified atom stereocenters. The number of aliphatic hydroxyl groups excluding tert-OH is 1. The smallest absolute Gasteiger partial charge is 0.0568 e. The molecule has 72 valence electrons. The first-order valence-corrected chi connectivity index (χ1v) is 5.94. The van der Waals surface area contributed by atoms with Crippen LogP contribution in [0.3, 0.4) is 0 Å². The molecule has 2 heteroatoms. The summed E-state index contributed by atoms with van der Waals surface area (Å²) in [6, 6.07) is 4.27. The lowest BCUT2D eigenvalue weighted by Crippen LogP contribution is -2.08. The van der Waals surface area contributed by atoms with Gasteiger partial charge in [0.15, 0.2) is 0 Å². The quantitative estimate of drug-likeness (QED) is 0.767. The Balaban J connectivity index is 1.63. The number of thiophene rings is 1. The molecule has 0 saturated heterocycles. The maximum Gasteiger partial charge on any atom is 0.0568 e. The molecule has 0 radical (unpaired) electrons. The summed E-state index contributed by atoms with van der Waals surface area (Å²) in [5.74, 6) is 0.642. The van der Waals surface area contributed by atoms with Crippen molar-refractivity contribution in [2.75, 3.05) is 0 Å². The lowest BCUT2D eigenvalue weighted by molar-refractivity contribution is 0.139. The van der Waals surface area contributed by atoms with Crippen LogP contribution in [-0.2, 0) is 6.42 Å². The lowest BCUT2D eigenvalue weighted by Gasteiger charge is -2.07. The molecule has 1 N–H and O–H groups in total. The summed E-state index contributed by atoms with van der Waals surface area (Å²) in [5.41, 5.74) is 0. The second-order valence-corrected chi connectivity index (χ2v) is 4.91. The van der Waals surface area contributed by atoms with E-state index in [2.05, 4.69) is 17.5 Å². The zero-order valence-electron chi connectivity index (χ0n) is 7.78. The number of aliphatic hydroxyl groups is 1. The van der Waals surface area contributed by atoms with Gasteiger partial charge in [0.25, 0.3) is 0 Å². The fourth-order valence-corrected chi connectivity index (χ4v) is 2.41. The third kappa shape index (κ3) is 2.82. The van der Waals surface area contributed by atoms with Gasteiger partial charge in [0.1, 0.15) is 0 Å². The molecular formula is C11H16OS. The average molecular weight is 196 g/mol. The van der Waals surface area contributed by atoms with Crippen LogP contribution < -0.4 is 0 Å². The van der Waals surface area contributed by atoms with Crippen LogP contribution in [0.15, 0.2) is 17.5 Å². The second-order valence-electron chi connectivity index (χ2n) is 3.88. The van der Waals surface area contributed by atoms with E-state index in [1.165, 1.54) is 17.7 Å². The van der Waals surface area contributed by atoms with E-state index in [0.717, 1.165) is 19.3 Å². The largest absolute Gasteiger partial charge is 0.393 e. The van der Waals surface area contributed by atoms with Gasteiger partial charge in [-0.1, -0.05) is 6.07 Å². The monoisotopic (exact) mass is 196 g/mol. The molecular weight excluding hydrogens is 180 g/mol. The Kier molecular flexibility index (Phi) is 3.01. The Bertz CT molecular complexity index is 239. The van der Waals surface area contributed by atoms with E-state index in [1.54, 1.807) is 0 Å². The van der Waals surface area contributed by atoms with Gasteiger partial charge in [0, 0.05) is 4.88 Å². The molecule has 1 aliphatic carbocycles. The van der Waals surface area contributed by atoms with Gasteiger partial charge in [-0.3, -0.25) is 0 Å². The normalized spacial score (nSPS) is 18.8. The molecule has 1 atom stereocenters. The summed E-state index contributed by atoms with van der Waals surface area (Å²) in [4.78, 5) is 1.45. The zero-order valence-corrected chi connectivity index (χ0v) is 8.59. The van der Waals surface area contributed by atoms with Gasteiger partial charge in [0.2, 0.25) is 0 Å². The minimum atomic E-state index is -0.0139. The molecule has 1 fully saturated rings. The first kappa shape index (κ1) is 9.22. The minimum absolute atomic E-state index is 0.0139. The maximum atomic E-state index is 9.62. The van der Waals surface area contributed by atoms with Crippen molar-refractivity contribution < 1.29 is 5.11 Å². The molecule has 2 rings (SSSR count). The standard InChI is InChI=1S/C11H16OS/c12-11(9-6-7-9)5-1-3-10-4-2-8-13-10/h2,4,8-9,11-12H,1,3,5-7H2. The van der Waals surface area contributed by atoms with Crippen molar-refractivity contribution in [3.63, 3.8) is 0 Å². The van der Waals surface area contributed by atoms with Crippen molar-refractivity contribution in [3.05, 3.63) is 22.4 Å². The van der Waals surface area contributed by atoms with Crippen LogP contribution in [0.5, 0.6) is 0 Å². The molecule has 0 aliphatic heterocycles. The van der Waals surface area contributed by atoms with E-state index < -0.39 is 0 Å². The van der Waals surface area contributed by atoms with Crippen molar-refractivity contribution in [1.29, 1.82) is 0 Å². The van der Waals surface area contributed by atoms with Gasteiger partial charge in [0.05, 0.1) is 6.10 Å². The summed E-state index contributed by atoms with van der Waals surface area (Å²) < 4.78 is 0. The van der Waals surface area contributed by atoms with Crippen LogP contribution in [0.2, 0.25) is 0 Å². The molecule has 1 aromatic rings. The predicted octanol–water partition coefficient (Wildman–Crippen LogP) is 2.84. The summed E-state index contributed by atoms with van der Waals surface area (Å²) >= 11 is 1.82. The fourth-order valence-electron chi connectivity index (χ4n) is 1.66. The van der Waals surface area contributed by atoms with E-state index in [9.17, 15) is 5.11 Å². The Hall–Kier alpha value is -0.340. The topological polar surface area (TPSA) is 20.2 Å². The molecule has 0 aromatic carbocycles. The molecule has 1 nitrogen and oxygen atoms in total. The molecule has 0 bridgehead atoms. The summed E-state index contributed by atoms with van der Waals surface area (Å²) in [6.07, 6.45) is 5.75. The van der Waals surface area contributed by atoms with Crippen LogP contribution in [0, 0.1) is 5.92 Å². The average Bonchev–Trinajstić information content (AvgIpc) is 2.86. The summed E-state index contributed by atoms with van der Waals surface area (Å²) in [6.45, 7) is 0. The number of aryl methyl sites for hydroxylation is 1. The highest BCUT2D eigenvalue weighted by Crippen LogP contribution is 2.34. The molecule has 1 aliphatic rings. The molecule has 0 amide bonds. The third-order valence-electron chi connectivity index (χ3n) is 2.67. The molecule has 0 spiro atoms. The maximum absolute atomic E-state index is 9.62. The highest BCUT2D eigenvalue weighted by molar-refractivity contribution is 7.09. The van der Waals surface area contributed by atoms with Crippen molar-refractivity contribution in [2.45, 2.75) is 38.2 Å². The van der Waals surface area contributed by atoms with Crippen LogP contribution >= 0.6 is 11.3 Å². The molecule has 1 aromatic heterocycles. The Morgan fingerprint density at radius 1 is 1.54 bits per heavy atom. The van der Waals surface area contributed by atoms with E-state index in [1.807, 2.05) is 11.3 Å². The van der Waals surface area contributed by atoms with E-state index in [0.29, 0.717) is 5.92 Å². The first-order valence-electron chi connectivity index (χ1n) is 5.06. The van der Waals surface area contributed by atoms with E-state index in [4.69, 9.17) is 0 Å². The summed E-state index contributed by atoms with van der Waals surface area (Å²) in [7, 11) is 0. The third-order valence-corrected chi connectivity index (χ3v) is 3.61. The Morgan fingerprint density at radius 3 is 3.00 bits per heavy atom.